The van der Waals surface area contributed by atoms with Crippen LogP contribution in [0.5, 0.6) is 5.75 Å². The first kappa shape index (κ1) is 18.9. The molecule has 0 fully saturated rings. The zero-order valence-corrected chi connectivity index (χ0v) is 15.3. The average Bonchev–Trinajstić information content (AvgIpc) is 2.39. The lowest BCUT2D eigenvalue weighted by Crippen LogP contribution is -1.99. The van der Waals surface area contributed by atoms with E-state index >= 15 is 0 Å². The van der Waals surface area contributed by atoms with Gasteiger partial charge in [0.05, 0.1) is 6.61 Å². The second-order valence-electron chi connectivity index (χ2n) is 4.24. The van der Waals surface area contributed by atoms with Crippen molar-refractivity contribution in [3.63, 3.8) is 0 Å². The van der Waals surface area contributed by atoms with E-state index in [-0.39, 0.29) is 0 Å². The fourth-order valence-corrected chi connectivity index (χ4v) is 5.37. The van der Waals surface area contributed by atoms with Crippen LogP contribution in [0.25, 0.3) is 0 Å². The van der Waals surface area contributed by atoms with E-state index in [1.54, 1.807) is 25.1 Å². The van der Waals surface area contributed by atoms with Crippen LogP contribution in [-0.2, 0) is 15.5 Å². The molecule has 118 valence electrons. The maximum Gasteiger partial charge on any atom is 0.440 e. The summed E-state index contributed by atoms with van der Waals surface area (Å²) in [7, 11) is 0. The van der Waals surface area contributed by atoms with Crippen molar-refractivity contribution in [2.45, 2.75) is 26.7 Å². The molecule has 0 amide bonds. The molecule has 1 atom stereocenters. The van der Waals surface area contributed by atoms with Gasteiger partial charge in [-0.25, -0.2) is 4.57 Å². The van der Waals surface area contributed by atoms with Gasteiger partial charge in [0.2, 0.25) is 0 Å². The third-order valence-electron chi connectivity index (χ3n) is 2.36. The smallest absolute Gasteiger partial charge is 0.417 e. The highest BCUT2D eigenvalue weighted by atomic mass is 35.5. The molecule has 0 spiro atoms. The maximum absolute atomic E-state index is 12.7. The maximum atomic E-state index is 12.7. The molecule has 0 saturated carbocycles. The molecule has 0 bridgehead atoms. The lowest BCUT2D eigenvalue weighted by molar-refractivity contribution is 0.295. The van der Waals surface area contributed by atoms with Crippen molar-refractivity contribution in [1.29, 1.82) is 0 Å². The van der Waals surface area contributed by atoms with Crippen molar-refractivity contribution in [2.24, 2.45) is 0 Å². The molecule has 7 heteroatoms. The first-order valence-corrected chi connectivity index (χ1v) is 10.5. The Morgan fingerprint density at radius 2 is 2.14 bits per heavy atom. The highest BCUT2D eigenvalue weighted by molar-refractivity contribution is 8.55. The van der Waals surface area contributed by atoms with Crippen LogP contribution in [0.15, 0.2) is 29.8 Å². The molecule has 0 aliphatic rings. The van der Waals surface area contributed by atoms with Crippen molar-refractivity contribution in [1.82, 2.24) is 0 Å². The van der Waals surface area contributed by atoms with E-state index in [4.69, 9.17) is 32.2 Å². The van der Waals surface area contributed by atoms with Crippen LogP contribution in [0, 0.1) is 0 Å². The van der Waals surface area contributed by atoms with Crippen molar-refractivity contribution in [2.75, 3.05) is 12.4 Å². The van der Waals surface area contributed by atoms with E-state index in [0.717, 1.165) is 12.0 Å². The molecule has 0 heterocycles. The first-order valence-electron chi connectivity index (χ1n) is 6.60. The van der Waals surface area contributed by atoms with Gasteiger partial charge in [0, 0.05) is 27.8 Å². The van der Waals surface area contributed by atoms with Crippen LogP contribution >= 0.6 is 41.4 Å². The van der Waals surface area contributed by atoms with Crippen LogP contribution in [0.2, 0.25) is 5.02 Å². The van der Waals surface area contributed by atoms with Gasteiger partial charge < -0.3 is 4.52 Å². The van der Waals surface area contributed by atoms with Crippen LogP contribution in [0.4, 0.5) is 0 Å². The summed E-state index contributed by atoms with van der Waals surface area (Å²) in [6.07, 6.45) is 1.28. The van der Waals surface area contributed by atoms with Crippen molar-refractivity contribution < 1.29 is 13.6 Å². The highest BCUT2D eigenvalue weighted by Gasteiger charge is 2.27. The lowest BCUT2D eigenvalue weighted by Gasteiger charge is -2.19. The van der Waals surface area contributed by atoms with Crippen molar-refractivity contribution >= 4 is 41.4 Å². The number of benzene rings is 1. The molecule has 1 aromatic rings. The molecule has 0 aromatic heterocycles. The second-order valence-corrected chi connectivity index (χ2v) is 9.32. The molecule has 3 nitrogen and oxygen atoms in total. The Hall–Kier alpha value is -0.120. The van der Waals surface area contributed by atoms with Crippen LogP contribution in [-0.4, -0.2) is 12.4 Å². The molecular formula is C14H19Cl2O3PS. The van der Waals surface area contributed by atoms with E-state index in [9.17, 15) is 4.57 Å². The lowest BCUT2D eigenvalue weighted by atomic mass is 10.1. The summed E-state index contributed by atoms with van der Waals surface area (Å²) in [6.45, 7) is 4.53. The number of halogens is 2. The minimum absolute atomic E-state index is 0.319. The number of rotatable bonds is 9. The predicted octanol–water partition coefficient (Wildman–Crippen LogP) is 6.30. The van der Waals surface area contributed by atoms with Crippen LogP contribution < -0.4 is 4.52 Å². The summed E-state index contributed by atoms with van der Waals surface area (Å²) < 4.78 is 23.7. The second kappa shape index (κ2) is 9.12. The summed E-state index contributed by atoms with van der Waals surface area (Å²) in [4.78, 5) is 0. The summed E-state index contributed by atoms with van der Waals surface area (Å²) in [5.74, 6) is 1.16. The van der Waals surface area contributed by atoms with Gasteiger partial charge in [-0.3, -0.25) is 4.52 Å². The van der Waals surface area contributed by atoms with Gasteiger partial charge in [0.1, 0.15) is 5.75 Å². The van der Waals surface area contributed by atoms with Crippen molar-refractivity contribution in [3.05, 3.63) is 40.4 Å². The normalized spacial score (nSPS) is 13.7. The molecular weight excluding hydrogens is 350 g/mol. The van der Waals surface area contributed by atoms with E-state index in [1.807, 2.05) is 6.92 Å². The van der Waals surface area contributed by atoms with Crippen LogP contribution in [0.3, 0.4) is 0 Å². The summed E-state index contributed by atoms with van der Waals surface area (Å²) in [5.41, 5.74) is 0.736. The Morgan fingerprint density at radius 3 is 2.71 bits per heavy atom. The summed E-state index contributed by atoms with van der Waals surface area (Å²) in [6, 6.07) is 5.08. The zero-order valence-electron chi connectivity index (χ0n) is 12.1. The topological polar surface area (TPSA) is 35.5 Å². The summed E-state index contributed by atoms with van der Waals surface area (Å²) >= 11 is 13.0. The van der Waals surface area contributed by atoms with E-state index in [0.29, 0.717) is 34.6 Å². The largest absolute Gasteiger partial charge is 0.440 e. The van der Waals surface area contributed by atoms with Gasteiger partial charge in [-0.2, -0.15) is 0 Å². The Kier molecular flexibility index (Phi) is 8.22. The highest BCUT2D eigenvalue weighted by Crippen LogP contribution is 2.60. The van der Waals surface area contributed by atoms with E-state index in [2.05, 4.69) is 6.58 Å². The van der Waals surface area contributed by atoms with Gasteiger partial charge in [-0.15, -0.1) is 0 Å². The van der Waals surface area contributed by atoms with Crippen molar-refractivity contribution in [3.8, 4) is 5.75 Å². The molecule has 0 radical (unpaired) electrons. The molecule has 0 saturated heterocycles. The fraction of sp³-hybridized carbons (Fsp3) is 0.429. The molecule has 0 aliphatic carbocycles. The van der Waals surface area contributed by atoms with Gasteiger partial charge in [-0.05, 0) is 42.9 Å². The van der Waals surface area contributed by atoms with E-state index in [1.165, 1.54) is 11.4 Å². The third kappa shape index (κ3) is 6.66. The Labute approximate surface area is 140 Å². The average molecular weight is 369 g/mol. The Morgan fingerprint density at radius 1 is 1.43 bits per heavy atom. The first-order chi connectivity index (χ1) is 9.90. The number of hydrogen-bond acceptors (Lipinski definition) is 4. The summed E-state index contributed by atoms with van der Waals surface area (Å²) in [5, 5.41) is 1.01. The minimum atomic E-state index is -3.24. The zero-order chi connectivity index (χ0) is 15.9. The van der Waals surface area contributed by atoms with E-state index < -0.39 is 6.80 Å². The monoisotopic (exact) mass is 368 g/mol. The SMILES string of the molecule is C=C(Cl)Cc1cc(Cl)ccc1OP(=O)(OCC)SCCC. The molecule has 1 unspecified atom stereocenters. The third-order valence-corrected chi connectivity index (χ3v) is 6.66. The van der Waals surface area contributed by atoms with Gasteiger partial charge in [-0.1, -0.05) is 36.7 Å². The Balaban J connectivity index is 3.02. The molecule has 0 aliphatic heterocycles. The molecule has 0 N–H and O–H groups in total. The van der Waals surface area contributed by atoms with Gasteiger partial charge >= 0.3 is 6.80 Å². The number of hydrogen-bond donors (Lipinski definition) is 0. The molecule has 1 rings (SSSR count). The number of allylic oxidation sites excluding steroid dienone is 1. The fourth-order valence-electron chi connectivity index (χ4n) is 1.55. The predicted molar refractivity (Wildman–Crippen MR) is 92.8 cm³/mol. The minimum Gasteiger partial charge on any atom is -0.417 e. The quantitative estimate of drug-likeness (QED) is 0.479. The van der Waals surface area contributed by atoms with Crippen LogP contribution in [0.1, 0.15) is 25.8 Å². The molecule has 21 heavy (non-hydrogen) atoms. The van der Waals surface area contributed by atoms with Gasteiger partial charge in [0.25, 0.3) is 0 Å². The Bertz CT molecular complexity index is 537. The standard InChI is InChI=1S/C14H19Cl2O3PS/c1-4-8-21-20(17,18-5-2)19-14-7-6-13(16)10-12(14)9-11(3)15/h6-7,10H,3-5,8-9H2,1-2H3. The molecule has 1 aromatic carbocycles. The van der Waals surface area contributed by atoms with Gasteiger partial charge in [0.15, 0.2) is 0 Å².